The molecule has 0 atom stereocenters. The van der Waals surface area contributed by atoms with Gasteiger partial charge >= 0.3 is 5.97 Å². The second-order valence-electron chi connectivity index (χ2n) is 7.78. The highest BCUT2D eigenvalue weighted by molar-refractivity contribution is 6.14. The van der Waals surface area contributed by atoms with E-state index in [4.69, 9.17) is 4.74 Å². The lowest BCUT2D eigenvalue weighted by Crippen LogP contribution is -2.59. The maximum atomic E-state index is 12.9. The first kappa shape index (κ1) is 19.6. The summed E-state index contributed by atoms with van der Waals surface area (Å²) >= 11 is 0. The van der Waals surface area contributed by atoms with Crippen LogP contribution in [0.1, 0.15) is 19.4 Å². The SMILES string of the molecule is CC1(C)C(=O)Nc2ccccc2N1C(=O)COC(=O)Cc1ccc2ccccc2c1. The predicted octanol–water partition coefficient (Wildman–Crippen LogP) is 3.69. The number of rotatable bonds is 4. The fraction of sp³-hybridized carbons (Fsp3) is 0.208. The molecule has 1 aliphatic rings. The van der Waals surface area contributed by atoms with Crippen LogP contribution in [0.25, 0.3) is 10.8 Å². The number of carbonyl (C=O) groups is 3. The van der Waals surface area contributed by atoms with Gasteiger partial charge < -0.3 is 10.1 Å². The van der Waals surface area contributed by atoms with Gasteiger partial charge in [-0.25, -0.2) is 0 Å². The summed E-state index contributed by atoms with van der Waals surface area (Å²) in [6.45, 7) is 2.89. The Labute approximate surface area is 174 Å². The molecule has 3 aromatic carbocycles. The van der Waals surface area contributed by atoms with E-state index in [1.54, 1.807) is 38.1 Å². The molecule has 3 aromatic rings. The van der Waals surface area contributed by atoms with Gasteiger partial charge in [0.1, 0.15) is 5.54 Å². The van der Waals surface area contributed by atoms with Crippen LogP contribution in [0.3, 0.4) is 0 Å². The van der Waals surface area contributed by atoms with Crippen LogP contribution in [0.15, 0.2) is 66.7 Å². The molecule has 152 valence electrons. The van der Waals surface area contributed by atoms with Crippen molar-refractivity contribution in [2.75, 3.05) is 16.8 Å². The van der Waals surface area contributed by atoms with Crippen molar-refractivity contribution in [3.8, 4) is 0 Å². The molecule has 6 heteroatoms. The third-order valence-corrected chi connectivity index (χ3v) is 5.28. The number of nitrogens with zero attached hydrogens (tertiary/aromatic N) is 1. The molecule has 2 amide bonds. The Balaban J connectivity index is 1.45. The molecule has 30 heavy (non-hydrogen) atoms. The molecule has 0 bridgehead atoms. The van der Waals surface area contributed by atoms with Crippen LogP contribution in [-0.4, -0.2) is 29.9 Å². The average Bonchev–Trinajstić information content (AvgIpc) is 2.73. The molecule has 1 heterocycles. The highest BCUT2D eigenvalue weighted by atomic mass is 16.5. The number of benzene rings is 3. The lowest BCUT2D eigenvalue weighted by molar-refractivity contribution is -0.147. The average molecular weight is 402 g/mol. The third kappa shape index (κ3) is 3.64. The molecule has 0 radical (unpaired) electrons. The summed E-state index contributed by atoms with van der Waals surface area (Å²) in [5.74, 6) is -1.24. The van der Waals surface area contributed by atoms with Crippen molar-refractivity contribution >= 4 is 39.9 Å². The quantitative estimate of drug-likeness (QED) is 0.676. The molecule has 0 fully saturated rings. The van der Waals surface area contributed by atoms with Crippen LogP contribution in [0.2, 0.25) is 0 Å². The van der Waals surface area contributed by atoms with E-state index in [2.05, 4.69) is 5.32 Å². The first-order valence-corrected chi connectivity index (χ1v) is 9.73. The topological polar surface area (TPSA) is 75.7 Å². The fourth-order valence-corrected chi connectivity index (χ4v) is 3.67. The normalized spacial score (nSPS) is 14.7. The number of para-hydroxylation sites is 2. The van der Waals surface area contributed by atoms with Crippen LogP contribution in [-0.2, 0) is 25.5 Å². The minimum absolute atomic E-state index is 0.0680. The van der Waals surface area contributed by atoms with Crippen LogP contribution < -0.4 is 10.2 Å². The summed E-state index contributed by atoms with van der Waals surface area (Å²) in [6, 6.07) is 20.7. The van der Waals surface area contributed by atoms with Gasteiger partial charge in [0, 0.05) is 0 Å². The molecule has 1 N–H and O–H groups in total. The molecule has 6 nitrogen and oxygen atoms in total. The number of esters is 1. The van der Waals surface area contributed by atoms with Crippen molar-refractivity contribution in [1.29, 1.82) is 0 Å². The maximum Gasteiger partial charge on any atom is 0.310 e. The Morgan fingerprint density at radius 1 is 0.967 bits per heavy atom. The van der Waals surface area contributed by atoms with E-state index in [0.29, 0.717) is 11.4 Å². The minimum Gasteiger partial charge on any atom is -0.455 e. The molecular weight excluding hydrogens is 380 g/mol. The second-order valence-corrected chi connectivity index (χ2v) is 7.78. The van der Waals surface area contributed by atoms with Crippen LogP contribution in [0.5, 0.6) is 0 Å². The van der Waals surface area contributed by atoms with E-state index >= 15 is 0 Å². The predicted molar refractivity (Wildman–Crippen MR) is 115 cm³/mol. The highest BCUT2D eigenvalue weighted by Crippen LogP contribution is 2.36. The van der Waals surface area contributed by atoms with Gasteiger partial charge in [-0.05, 0) is 42.3 Å². The molecule has 0 unspecified atom stereocenters. The number of fused-ring (bicyclic) bond motifs is 2. The van der Waals surface area contributed by atoms with Gasteiger partial charge in [-0.15, -0.1) is 0 Å². The van der Waals surface area contributed by atoms with Crippen molar-refractivity contribution in [1.82, 2.24) is 0 Å². The molecule has 0 saturated heterocycles. The van der Waals surface area contributed by atoms with Gasteiger partial charge in [0.05, 0.1) is 17.8 Å². The van der Waals surface area contributed by atoms with E-state index in [0.717, 1.165) is 16.3 Å². The van der Waals surface area contributed by atoms with Crippen molar-refractivity contribution < 1.29 is 19.1 Å². The maximum absolute atomic E-state index is 12.9. The zero-order valence-electron chi connectivity index (χ0n) is 16.8. The largest absolute Gasteiger partial charge is 0.455 e. The summed E-state index contributed by atoms with van der Waals surface area (Å²) in [6.07, 6.45) is 0.0680. The summed E-state index contributed by atoms with van der Waals surface area (Å²) in [7, 11) is 0. The fourth-order valence-electron chi connectivity index (χ4n) is 3.67. The second kappa shape index (κ2) is 7.63. The van der Waals surface area contributed by atoms with Gasteiger partial charge in [0.25, 0.3) is 5.91 Å². The molecule has 0 spiro atoms. The van der Waals surface area contributed by atoms with Crippen LogP contribution in [0.4, 0.5) is 11.4 Å². The zero-order chi connectivity index (χ0) is 21.3. The Morgan fingerprint density at radius 3 is 2.47 bits per heavy atom. The van der Waals surface area contributed by atoms with Crippen LogP contribution >= 0.6 is 0 Å². The first-order valence-electron chi connectivity index (χ1n) is 9.73. The number of amides is 2. The highest BCUT2D eigenvalue weighted by Gasteiger charge is 2.43. The van der Waals surface area contributed by atoms with Crippen molar-refractivity contribution in [3.63, 3.8) is 0 Å². The number of carbonyl (C=O) groups excluding carboxylic acids is 3. The van der Waals surface area contributed by atoms with Crippen molar-refractivity contribution in [3.05, 3.63) is 72.3 Å². The van der Waals surface area contributed by atoms with Gasteiger partial charge in [-0.2, -0.15) is 0 Å². The number of ether oxygens (including phenoxy) is 1. The number of nitrogens with one attached hydrogen (secondary N) is 1. The molecule has 0 aliphatic carbocycles. The molecular formula is C24H22N2O4. The van der Waals surface area contributed by atoms with E-state index in [9.17, 15) is 14.4 Å². The number of hydrogen-bond acceptors (Lipinski definition) is 4. The van der Waals surface area contributed by atoms with Gasteiger partial charge in [-0.1, -0.05) is 54.6 Å². The summed E-state index contributed by atoms with van der Waals surface area (Å²) in [5.41, 5.74) is 0.848. The van der Waals surface area contributed by atoms with E-state index in [1.807, 2.05) is 42.5 Å². The Hall–Kier alpha value is -3.67. The van der Waals surface area contributed by atoms with Crippen molar-refractivity contribution in [2.45, 2.75) is 25.8 Å². The summed E-state index contributed by atoms with van der Waals surface area (Å²) in [5, 5.41) is 4.94. The van der Waals surface area contributed by atoms with Crippen molar-refractivity contribution in [2.24, 2.45) is 0 Å². The number of hydrogen-bond donors (Lipinski definition) is 1. The van der Waals surface area contributed by atoms with Crippen LogP contribution in [0, 0.1) is 0 Å². The third-order valence-electron chi connectivity index (χ3n) is 5.28. The Bertz CT molecular complexity index is 1150. The molecule has 0 saturated carbocycles. The van der Waals surface area contributed by atoms with E-state index in [1.165, 1.54) is 4.90 Å². The molecule has 0 aromatic heterocycles. The van der Waals surface area contributed by atoms with E-state index < -0.39 is 24.0 Å². The summed E-state index contributed by atoms with van der Waals surface area (Å²) < 4.78 is 5.25. The standard InChI is InChI=1S/C24H22N2O4/c1-24(2)23(29)25-19-9-5-6-10-20(19)26(24)21(27)15-30-22(28)14-16-11-12-17-7-3-4-8-18(17)13-16/h3-13H,14-15H2,1-2H3,(H,25,29). The van der Waals surface area contributed by atoms with Gasteiger partial charge in [-0.3, -0.25) is 19.3 Å². The first-order chi connectivity index (χ1) is 14.4. The lowest BCUT2D eigenvalue weighted by Gasteiger charge is -2.41. The number of anilines is 2. The van der Waals surface area contributed by atoms with E-state index in [-0.39, 0.29) is 12.3 Å². The monoisotopic (exact) mass is 402 g/mol. The molecule has 1 aliphatic heterocycles. The lowest BCUT2D eigenvalue weighted by atomic mass is 9.96. The van der Waals surface area contributed by atoms with Gasteiger partial charge in [0.2, 0.25) is 5.91 Å². The Kier molecular flexibility index (Phi) is 4.99. The minimum atomic E-state index is -1.10. The Morgan fingerprint density at radius 2 is 1.67 bits per heavy atom. The van der Waals surface area contributed by atoms with Gasteiger partial charge in [0.15, 0.2) is 6.61 Å². The zero-order valence-corrected chi connectivity index (χ0v) is 16.8. The summed E-state index contributed by atoms with van der Waals surface area (Å²) in [4.78, 5) is 39.1. The smallest absolute Gasteiger partial charge is 0.310 e. The molecule has 4 rings (SSSR count).